The molecule has 20 heavy (non-hydrogen) atoms. The molecule has 0 spiro atoms. The minimum absolute atomic E-state index is 0.106. The van der Waals surface area contributed by atoms with E-state index in [0.717, 1.165) is 0 Å². The van der Waals surface area contributed by atoms with Gasteiger partial charge in [0, 0.05) is 5.56 Å². The van der Waals surface area contributed by atoms with Crippen LogP contribution >= 0.6 is 0 Å². The second kappa shape index (κ2) is 5.60. The van der Waals surface area contributed by atoms with Gasteiger partial charge in [-0.25, -0.2) is 4.79 Å². The van der Waals surface area contributed by atoms with Crippen LogP contribution in [-0.4, -0.2) is 35.5 Å². The van der Waals surface area contributed by atoms with Crippen molar-refractivity contribution in [2.24, 2.45) is 0 Å². The van der Waals surface area contributed by atoms with Crippen molar-refractivity contribution in [3.8, 4) is 5.75 Å². The first-order valence-electron chi connectivity index (χ1n) is 6.11. The average Bonchev–Trinajstić information content (AvgIpc) is 2.43. The molecule has 7 nitrogen and oxygen atoms in total. The number of carboxylic acids is 1. The van der Waals surface area contributed by atoms with Crippen LogP contribution in [-0.2, 0) is 9.59 Å². The van der Waals surface area contributed by atoms with Crippen molar-refractivity contribution in [3.63, 3.8) is 0 Å². The Morgan fingerprint density at radius 1 is 1.50 bits per heavy atom. The summed E-state index contributed by atoms with van der Waals surface area (Å²) in [5.41, 5.74) is 0.766. The Bertz CT molecular complexity index is 570. The predicted octanol–water partition coefficient (Wildman–Crippen LogP) is 0.610. The highest BCUT2D eigenvalue weighted by molar-refractivity contribution is 6.00. The van der Waals surface area contributed by atoms with Crippen LogP contribution in [0.3, 0.4) is 0 Å². The Morgan fingerprint density at radius 3 is 2.90 bits per heavy atom. The highest BCUT2D eigenvalue weighted by Crippen LogP contribution is 2.28. The van der Waals surface area contributed by atoms with Crippen LogP contribution in [0.25, 0.3) is 0 Å². The van der Waals surface area contributed by atoms with Gasteiger partial charge in [-0.2, -0.15) is 0 Å². The molecule has 0 bridgehead atoms. The second-order valence-corrected chi connectivity index (χ2v) is 4.32. The van der Waals surface area contributed by atoms with Crippen LogP contribution < -0.4 is 15.4 Å². The number of carboxylic acid groups (broad SMARTS) is 1. The molecule has 106 valence electrons. The van der Waals surface area contributed by atoms with Gasteiger partial charge in [0.05, 0.1) is 5.69 Å². The Kier molecular flexibility index (Phi) is 3.88. The van der Waals surface area contributed by atoms with Crippen molar-refractivity contribution < 1.29 is 24.2 Å². The third kappa shape index (κ3) is 2.87. The fraction of sp³-hybridized carbons (Fsp3) is 0.308. The van der Waals surface area contributed by atoms with Gasteiger partial charge in [0.2, 0.25) is 0 Å². The second-order valence-electron chi connectivity index (χ2n) is 4.32. The van der Waals surface area contributed by atoms with Crippen LogP contribution in [0, 0.1) is 0 Å². The Labute approximate surface area is 114 Å². The molecule has 0 saturated carbocycles. The number of carbonyl (C=O) groups excluding carboxylic acids is 2. The average molecular weight is 278 g/mol. The fourth-order valence-corrected chi connectivity index (χ4v) is 1.80. The predicted molar refractivity (Wildman–Crippen MR) is 69.7 cm³/mol. The molecule has 2 amide bonds. The Balaban J connectivity index is 2.15. The standard InChI is InChI=1S/C13H14N2O5/c1-2-8(13(18)19)15-12(17)7-3-4-9-10(5-7)20-6-11(16)14-9/h3-5,8H,2,6H2,1H3,(H,14,16)(H,15,17)(H,18,19)/t8-/m1/s1. The van der Waals surface area contributed by atoms with Crippen molar-refractivity contribution in [2.75, 3.05) is 11.9 Å². The summed E-state index contributed by atoms with van der Waals surface area (Å²) in [6.45, 7) is 1.56. The minimum Gasteiger partial charge on any atom is -0.482 e. The van der Waals surface area contributed by atoms with E-state index in [1.807, 2.05) is 0 Å². The van der Waals surface area contributed by atoms with Crippen molar-refractivity contribution in [1.29, 1.82) is 0 Å². The summed E-state index contributed by atoms with van der Waals surface area (Å²) in [4.78, 5) is 34.0. The van der Waals surface area contributed by atoms with E-state index >= 15 is 0 Å². The Hall–Kier alpha value is -2.57. The van der Waals surface area contributed by atoms with Gasteiger partial charge in [0.1, 0.15) is 11.8 Å². The summed E-state index contributed by atoms with van der Waals surface area (Å²) in [6, 6.07) is 3.58. The van der Waals surface area contributed by atoms with Gasteiger partial charge in [-0.1, -0.05) is 6.92 Å². The minimum atomic E-state index is -1.08. The maximum absolute atomic E-state index is 12.0. The third-order valence-electron chi connectivity index (χ3n) is 2.89. The molecule has 0 fully saturated rings. The number of nitrogens with one attached hydrogen (secondary N) is 2. The molecule has 0 unspecified atom stereocenters. The number of hydrogen-bond donors (Lipinski definition) is 3. The number of rotatable bonds is 4. The zero-order valence-corrected chi connectivity index (χ0v) is 10.8. The van der Waals surface area contributed by atoms with Gasteiger partial charge < -0.3 is 20.5 Å². The molecule has 0 radical (unpaired) electrons. The molecular formula is C13H14N2O5. The van der Waals surface area contributed by atoms with E-state index in [-0.39, 0.29) is 18.1 Å². The molecule has 1 atom stereocenters. The molecule has 0 saturated heterocycles. The van der Waals surface area contributed by atoms with Gasteiger partial charge >= 0.3 is 5.97 Å². The first-order valence-corrected chi connectivity index (χ1v) is 6.11. The van der Waals surface area contributed by atoms with Gasteiger partial charge in [-0.05, 0) is 24.6 Å². The molecule has 3 N–H and O–H groups in total. The van der Waals surface area contributed by atoms with Crippen LogP contribution in [0.2, 0.25) is 0 Å². The van der Waals surface area contributed by atoms with E-state index < -0.39 is 17.9 Å². The Morgan fingerprint density at radius 2 is 2.25 bits per heavy atom. The van der Waals surface area contributed by atoms with Crippen LogP contribution in [0.15, 0.2) is 18.2 Å². The monoisotopic (exact) mass is 278 g/mol. The van der Waals surface area contributed by atoms with Crippen molar-refractivity contribution in [2.45, 2.75) is 19.4 Å². The van der Waals surface area contributed by atoms with Crippen molar-refractivity contribution in [1.82, 2.24) is 5.32 Å². The lowest BCUT2D eigenvalue weighted by Gasteiger charge is -2.19. The van der Waals surface area contributed by atoms with Crippen LogP contribution in [0.4, 0.5) is 5.69 Å². The van der Waals surface area contributed by atoms with E-state index in [1.165, 1.54) is 12.1 Å². The SMILES string of the molecule is CC[C@@H](NC(=O)c1ccc2c(c1)OCC(=O)N2)C(=O)O. The lowest BCUT2D eigenvalue weighted by Crippen LogP contribution is -2.40. The summed E-state index contributed by atoms with van der Waals surface area (Å²) in [7, 11) is 0. The topological polar surface area (TPSA) is 105 Å². The van der Waals surface area contributed by atoms with Crippen molar-refractivity contribution >= 4 is 23.5 Å². The first-order chi connectivity index (χ1) is 9.51. The molecular weight excluding hydrogens is 264 g/mol. The zero-order chi connectivity index (χ0) is 14.7. The number of hydrogen-bond acceptors (Lipinski definition) is 4. The summed E-state index contributed by atoms with van der Waals surface area (Å²) < 4.78 is 5.20. The summed E-state index contributed by atoms with van der Waals surface area (Å²) in [5.74, 6) is -1.45. The zero-order valence-electron chi connectivity index (χ0n) is 10.8. The molecule has 0 aromatic heterocycles. The maximum atomic E-state index is 12.0. The summed E-state index contributed by atoms with van der Waals surface area (Å²) in [6.07, 6.45) is 0.290. The lowest BCUT2D eigenvalue weighted by atomic mass is 10.1. The summed E-state index contributed by atoms with van der Waals surface area (Å²) in [5, 5.41) is 13.9. The van der Waals surface area contributed by atoms with Crippen LogP contribution in [0.5, 0.6) is 5.75 Å². The summed E-state index contributed by atoms with van der Waals surface area (Å²) >= 11 is 0. The maximum Gasteiger partial charge on any atom is 0.326 e. The van der Waals surface area contributed by atoms with Gasteiger partial charge in [0.25, 0.3) is 11.8 Å². The molecule has 1 aromatic rings. The van der Waals surface area contributed by atoms with E-state index in [2.05, 4.69) is 10.6 Å². The first kappa shape index (κ1) is 13.9. The number of benzene rings is 1. The van der Waals surface area contributed by atoms with E-state index in [1.54, 1.807) is 13.0 Å². The van der Waals surface area contributed by atoms with Crippen LogP contribution in [0.1, 0.15) is 23.7 Å². The quantitative estimate of drug-likeness (QED) is 0.748. The van der Waals surface area contributed by atoms with Gasteiger partial charge in [-0.15, -0.1) is 0 Å². The van der Waals surface area contributed by atoms with Gasteiger partial charge in [0.15, 0.2) is 6.61 Å². The highest BCUT2D eigenvalue weighted by atomic mass is 16.5. The number of amides is 2. The largest absolute Gasteiger partial charge is 0.482 e. The molecule has 1 aliphatic heterocycles. The van der Waals surface area contributed by atoms with Crippen molar-refractivity contribution in [3.05, 3.63) is 23.8 Å². The van der Waals surface area contributed by atoms with E-state index in [0.29, 0.717) is 17.9 Å². The lowest BCUT2D eigenvalue weighted by molar-refractivity contribution is -0.139. The van der Waals surface area contributed by atoms with Gasteiger partial charge in [-0.3, -0.25) is 9.59 Å². The third-order valence-corrected chi connectivity index (χ3v) is 2.89. The molecule has 2 rings (SSSR count). The number of fused-ring (bicyclic) bond motifs is 1. The van der Waals surface area contributed by atoms with E-state index in [9.17, 15) is 14.4 Å². The normalized spacial score (nSPS) is 14.6. The smallest absolute Gasteiger partial charge is 0.326 e. The highest BCUT2D eigenvalue weighted by Gasteiger charge is 2.21. The molecule has 1 aromatic carbocycles. The molecule has 7 heteroatoms. The number of carbonyl (C=O) groups is 3. The molecule has 1 heterocycles. The molecule has 1 aliphatic rings. The number of anilines is 1. The van der Waals surface area contributed by atoms with E-state index in [4.69, 9.17) is 9.84 Å². The fourth-order valence-electron chi connectivity index (χ4n) is 1.80. The number of ether oxygens (including phenoxy) is 1. The number of aliphatic carboxylic acids is 1. The molecule has 0 aliphatic carbocycles.